The van der Waals surface area contributed by atoms with Crippen molar-refractivity contribution in [2.24, 2.45) is 17.3 Å². The van der Waals surface area contributed by atoms with Gasteiger partial charge in [0.05, 0.1) is 5.92 Å². The summed E-state index contributed by atoms with van der Waals surface area (Å²) in [7, 11) is 0. The Balaban J connectivity index is 2.14. The molecule has 0 aromatic rings. The van der Waals surface area contributed by atoms with Gasteiger partial charge in [0.2, 0.25) is 0 Å². The molecule has 120 valence electrons. The maximum atomic E-state index is 12.4. The minimum absolute atomic E-state index is 0.00954. The molecule has 3 atom stereocenters. The number of rotatable bonds is 2. The number of carboxylic acid groups (broad SMARTS) is 1. The van der Waals surface area contributed by atoms with E-state index < -0.39 is 11.6 Å². The molecule has 2 aliphatic rings. The molecule has 5 heteroatoms. The van der Waals surface area contributed by atoms with Crippen LogP contribution in [0, 0.1) is 17.3 Å². The zero-order valence-corrected chi connectivity index (χ0v) is 13.7. The van der Waals surface area contributed by atoms with E-state index >= 15 is 0 Å². The number of likely N-dealkylation sites (tertiary alicyclic amines) is 1. The summed E-state index contributed by atoms with van der Waals surface area (Å²) in [6.45, 7) is 10.2. The van der Waals surface area contributed by atoms with Crippen LogP contribution in [0.4, 0.5) is 4.79 Å². The number of ether oxygens (including phenoxy) is 1. The standard InChI is InChI=1S/C16H27NO4/c1-15(2,3)21-14(20)17-9-7-6-8-10(17)11-12(13(18)19)16(11,4)5/h10-12H,6-9H2,1-5H3,(H,18,19)/t10?,11-,12+/m0/s1. The lowest BCUT2D eigenvalue weighted by molar-refractivity contribution is -0.139. The second-order valence-corrected chi connectivity index (χ2v) is 7.90. The molecule has 5 nitrogen and oxygen atoms in total. The van der Waals surface area contributed by atoms with E-state index in [9.17, 15) is 14.7 Å². The molecule has 0 spiro atoms. The van der Waals surface area contributed by atoms with Crippen LogP contribution in [0.2, 0.25) is 0 Å². The highest BCUT2D eigenvalue weighted by molar-refractivity contribution is 5.76. The minimum Gasteiger partial charge on any atom is -0.481 e. The predicted molar refractivity (Wildman–Crippen MR) is 79.0 cm³/mol. The molecule has 0 bridgehead atoms. The van der Waals surface area contributed by atoms with Crippen LogP contribution in [0.15, 0.2) is 0 Å². The molecule has 0 aromatic heterocycles. The Hall–Kier alpha value is -1.26. The molecule has 1 aliphatic heterocycles. The fourth-order valence-corrected chi connectivity index (χ4v) is 3.75. The lowest BCUT2D eigenvalue weighted by Crippen LogP contribution is -2.48. The molecular weight excluding hydrogens is 270 g/mol. The first kappa shape index (κ1) is 16.1. The zero-order chi connectivity index (χ0) is 16.0. The number of carbonyl (C=O) groups is 2. The van der Waals surface area contributed by atoms with Crippen molar-refractivity contribution in [1.82, 2.24) is 4.90 Å². The van der Waals surface area contributed by atoms with Gasteiger partial charge < -0.3 is 14.7 Å². The van der Waals surface area contributed by atoms with Crippen LogP contribution in [-0.2, 0) is 9.53 Å². The highest BCUT2D eigenvalue weighted by atomic mass is 16.6. The molecule has 0 aromatic carbocycles. The summed E-state index contributed by atoms with van der Waals surface area (Å²) < 4.78 is 5.49. The fraction of sp³-hybridized carbons (Fsp3) is 0.875. The average Bonchev–Trinajstić information content (AvgIpc) is 2.90. The number of carboxylic acids is 1. The van der Waals surface area contributed by atoms with Crippen molar-refractivity contribution in [1.29, 1.82) is 0 Å². The van der Waals surface area contributed by atoms with E-state index in [1.54, 1.807) is 4.90 Å². The van der Waals surface area contributed by atoms with Crippen LogP contribution in [0.5, 0.6) is 0 Å². The Morgan fingerprint density at radius 1 is 1.24 bits per heavy atom. The normalized spacial score (nSPS) is 31.7. The molecule has 1 saturated heterocycles. The minimum atomic E-state index is -0.750. The lowest BCUT2D eigenvalue weighted by atomic mass is 9.94. The van der Waals surface area contributed by atoms with Gasteiger partial charge in [-0.15, -0.1) is 0 Å². The van der Waals surface area contributed by atoms with Gasteiger partial charge in [0.1, 0.15) is 5.60 Å². The fourth-order valence-electron chi connectivity index (χ4n) is 3.75. The first-order valence-corrected chi connectivity index (χ1v) is 7.78. The van der Waals surface area contributed by atoms with Crippen LogP contribution >= 0.6 is 0 Å². The Labute approximate surface area is 126 Å². The van der Waals surface area contributed by atoms with E-state index in [0.29, 0.717) is 6.54 Å². The summed E-state index contributed by atoms with van der Waals surface area (Å²) in [5, 5.41) is 9.37. The first-order valence-electron chi connectivity index (χ1n) is 7.78. The maximum Gasteiger partial charge on any atom is 0.410 e. The van der Waals surface area contributed by atoms with Gasteiger partial charge in [-0.3, -0.25) is 4.79 Å². The molecule has 1 saturated carbocycles. The third-order valence-corrected chi connectivity index (χ3v) is 4.77. The highest BCUT2D eigenvalue weighted by Crippen LogP contribution is 2.62. The van der Waals surface area contributed by atoms with E-state index in [4.69, 9.17) is 4.74 Å². The summed E-state index contributed by atoms with van der Waals surface area (Å²) in [6.07, 6.45) is 2.57. The van der Waals surface area contributed by atoms with Gasteiger partial charge in [0, 0.05) is 12.6 Å². The summed E-state index contributed by atoms with van der Waals surface area (Å²) in [6, 6.07) is -0.00954. The predicted octanol–water partition coefficient (Wildman–Crippen LogP) is 3.13. The van der Waals surface area contributed by atoms with E-state index in [1.807, 2.05) is 34.6 Å². The van der Waals surface area contributed by atoms with Crippen molar-refractivity contribution in [3.05, 3.63) is 0 Å². The number of piperidine rings is 1. The second-order valence-electron chi connectivity index (χ2n) is 7.90. The zero-order valence-electron chi connectivity index (χ0n) is 13.7. The quantitative estimate of drug-likeness (QED) is 0.850. The van der Waals surface area contributed by atoms with Gasteiger partial charge in [-0.05, 0) is 51.4 Å². The third-order valence-electron chi connectivity index (χ3n) is 4.77. The number of amides is 1. The molecule has 1 unspecified atom stereocenters. The maximum absolute atomic E-state index is 12.4. The van der Waals surface area contributed by atoms with Gasteiger partial charge in [-0.25, -0.2) is 4.79 Å². The number of hydrogen-bond donors (Lipinski definition) is 1. The van der Waals surface area contributed by atoms with Gasteiger partial charge in [0.25, 0.3) is 0 Å². The molecule has 1 amide bonds. The number of aliphatic carboxylic acids is 1. The van der Waals surface area contributed by atoms with Crippen molar-refractivity contribution in [2.45, 2.75) is 65.5 Å². The topological polar surface area (TPSA) is 66.8 Å². The Morgan fingerprint density at radius 2 is 1.86 bits per heavy atom. The van der Waals surface area contributed by atoms with Crippen LogP contribution in [-0.4, -0.2) is 40.3 Å². The molecule has 2 fully saturated rings. The second kappa shape index (κ2) is 5.18. The van der Waals surface area contributed by atoms with Gasteiger partial charge >= 0.3 is 12.1 Å². The van der Waals surface area contributed by atoms with Crippen molar-refractivity contribution in [3.63, 3.8) is 0 Å². The van der Waals surface area contributed by atoms with Crippen LogP contribution in [0.25, 0.3) is 0 Å². The number of nitrogens with zero attached hydrogens (tertiary/aromatic N) is 1. The van der Waals surface area contributed by atoms with Crippen molar-refractivity contribution >= 4 is 12.1 Å². The SMILES string of the molecule is CC(C)(C)OC(=O)N1CCCCC1[C@H]1[C@H](C(=O)O)C1(C)C. The van der Waals surface area contributed by atoms with Crippen molar-refractivity contribution in [2.75, 3.05) is 6.54 Å². The lowest BCUT2D eigenvalue weighted by Gasteiger charge is -2.37. The van der Waals surface area contributed by atoms with Gasteiger partial charge in [-0.1, -0.05) is 13.8 Å². The highest BCUT2D eigenvalue weighted by Gasteiger charge is 2.66. The Morgan fingerprint density at radius 3 is 2.33 bits per heavy atom. The van der Waals surface area contributed by atoms with Gasteiger partial charge in [-0.2, -0.15) is 0 Å². The molecule has 1 heterocycles. The summed E-state index contributed by atoms with van der Waals surface area (Å²) in [5.41, 5.74) is -0.765. The van der Waals surface area contributed by atoms with E-state index in [2.05, 4.69) is 0 Å². The monoisotopic (exact) mass is 297 g/mol. The smallest absolute Gasteiger partial charge is 0.410 e. The summed E-state index contributed by atoms with van der Waals surface area (Å²) in [5.74, 6) is -1.08. The first-order chi connectivity index (χ1) is 9.55. The molecular formula is C16H27NO4. The van der Waals surface area contributed by atoms with Crippen LogP contribution in [0.3, 0.4) is 0 Å². The number of carbonyl (C=O) groups excluding carboxylic acids is 1. The number of hydrogen-bond acceptors (Lipinski definition) is 3. The van der Waals surface area contributed by atoms with E-state index in [-0.39, 0.29) is 29.4 Å². The molecule has 1 aliphatic carbocycles. The summed E-state index contributed by atoms with van der Waals surface area (Å²) in [4.78, 5) is 25.6. The van der Waals surface area contributed by atoms with E-state index in [1.165, 1.54) is 0 Å². The van der Waals surface area contributed by atoms with Gasteiger partial charge in [0.15, 0.2) is 0 Å². The third kappa shape index (κ3) is 3.16. The molecule has 21 heavy (non-hydrogen) atoms. The molecule has 2 rings (SSSR count). The Kier molecular flexibility index (Phi) is 3.98. The van der Waals surface area contributed by atoms with Crippen molar-refractivity contribution < 1.29 is 19.4 Å². The average molecular weight is 297 g/mol. The van der Waals surface area contributed by atoms with Crippen molar-refractivity contribution in [3.8, 4) is 0 Å². The molecule has 1 N–H and O–H groups in total. The largest absolute Gasteiger partial charge is 0.481 e. The van der Waals surface area contributed by atoms with E-state index in [0.717, 1.165) is 19.3 Å². The summed E-state index contributed by atoms with van der Waals surface area (Å²) >= 11 is 0. The van der Waals surface area contributed by atoms with Crippen LogP contribution < -0.4 is 0 Å². The Bertz CT molecular complexity index is 438. The molecule has 0 radical (unpaired) electrons. The van der Waals surface area contributed by atoms with Crippen LogP contribution in [0.1, 0.15) is 53.9 Å².